The van der Waals surface area contributed by atoms with Crippen LogP contribution in [0.2, 0.25) is 0 Å². The molecule has 3 fully saturated rings. The van der Waals surface area contributed by atoms with Crippen LogP contribution >= 0.6 is 0 Å². The summed E-state index contributed by atoms with van der Waals surface area (Å²) < 4.78 is 11.8. The van der Waals surface area contributed by atoms with Crippen molar-refractivity contribution in [1.29, 1.82) is 0 Å². The maximum atomic E-state index is 14.5. The van der Waals surface area contributed by atoms with E-state index in [-0.39, 0.29) is 47.7 Å². The summed E-state index contributed by atoms with van der Waals surface area (Å²) in [5.41, 5.74) is 7.17. The minimum absolute atomic E-state index is 0.0263. The number of ether oxygens (including phenoxy) is 2. The lowest BCUT2D eigenvalue weighted by molar-refractivity contribution is -0.149. The first-order chi connectivity index (χ1) is 20.3. The molecule has 4 aliphatic rings. The van der Waals surface area contributed by atoms with Gasteiger partial charge < -0.3 is 30.7 Å². The number of hydrogen-bond acceptors (Lipinski definition) is 7. The van der Waals surface area contributed by atoms with Gasteiger partial charge in [-0.05, 0) is 44.1 Å². The van der Waals surface area contributed by atoms with Crippen molar-refractivity contribution in [2.75, 3.05) is 32.8 Å². The Morgan fingerprint density at radius 3 is 2.57 bits per heavy atom. The maximum Gasteiger partial charge on any atom is 0.246 e. The molecule has 3 heterocycles. The average molecular weight is 584 g/mol. The van der Waals surface area contributed by atoms with Crippen LogP contribution in [0.1, 0.15) is 77.3 Å². The Morgan fingerprint density at radius 1 is 1.07 bits per heavy atom. The van der Waals surface area contributed by atoms with E-state index in [0.29, 0.717) is 32.7 Å². The molecule has 6 atom stereocenters. The van der Waals surface area contributed by atoms with E-state index < -0.39 is 18.1 Å². The van der Waals surface area contributed by atoms with Crippen LogP contribution < -0.4 is 21.1 Å². The molecule has 1 aromatic rings. The summed E-state index contributed by atoms with van der Waals surface area (Å²) in [4.78, 5) is 45.9. The summed E-state index contributed by atoms with van der Waals surface area (Å²) in [5.74, 6) is 0.120. The van der Waals surface area contributed by atoms with E-state index in [2.05, 4.69) is 15.5 Å². The molecular formula is C32H49N5O5. The highest BCUT2D eigenvalue weighted by Crippen LogP contribution is 2.34. The largest absolute Gasteiger partial charge is 0.493 e. The number of carbonyl (C=O) groups excluding carboxylic acids is 3. The molecule has 0 radical (unpaired) electrons. The molecule has 0 unspecified atom stereocenters. The molecule has 1 aromatic carbocycles. The second-order valence-corrected chi connectivity index (χ2v) is 12.8. The van der Waals surface area contributed by atoms with E-state index in [1.807, 2.05) is 45.0 Å². The number of piperazine rings is 1. The third-order valence-electron chi connectivity index (χ3n) is 9.65. The Hall–Kier alpha value is -2.69. The van der Waals surface area contributed by atoms with E-state index in [1.54, 1.807) is 4.90 Å². The zero-order valence-electron chi connectivity index (χ0n) is 25.4. The number of hydrogen-bond donors (Lipinski definition) is 3. The van der Waals surface area contributed by atoms with Gasteiger partial charge in [0.05, 0.1) is 24.8 Å². The molecule has 1 aliphatic carbocycles. The first-order valence-corrected chi connectivity index (χ1v) is 16.0. The lowest BCUT2D eigenvalue weighted by Crippen LogP contribution is -2.66. The number of nitrogens with one attached hydrogen (secondary N) is 2. The minimum Gasteiger partial charge on any atom is -0.493 e. The van der Waals surface area contributed by atoms with Crippen LogP contribution in [0.25, 0.3) is 0 Å². The van der Waals surface area contributed by atoms with Crippen LogP contribution in [0.3, 0.4) is 0 Å². The molecule has 232 valence electrons. The fraction of sp³-hybridized carbons (Fsp3) is 0.719. The fourth-order valence-electron chi connectivity index (χ4n) is 7.19. The molecule has 42 heavy (non-hydrogen) atoms. The van der Waals surface area contributed by atoms with E-state index in [4.69, 9.17) is 15.2 Å². The summed E-state index contributed by atoms with van der Waals surface area (Å²) in [7, 11) is 0. The second-order valence-electron chi connectivity index (χ2n) is 12.8. The third-order valence-corrected chi connectivity index (χ3v) is 9.65. The van der Waals surface area contributed by atoms with Crippen molar-refractivity contribution in [3.05, 3.63) is 29.8 Å². The van der Waals surface area contributed by atoms with E-state index in [1.165, 1.54) is 0 Å². The monoisotopic (exact) mass is 583 g/mol. The first-order valence-electron chi connectivity index (χ1n) is 16.0. The highest BCUT2D eigenvalue weighted by molar-refractivity contribution is 5.94. The number of nitrogens with two attached hydrogens (primary N) is 1. The standard InChI is InChI=1S/C32H49N5O5/c1-4-41-23-16-22-17-37(32(40)29(21-10-6-5-7-11-21)35-31(39)28(33)20(2)3)26(19-36(22)18-23)30(38)34-25-14-15-42-27-13-9-8-12-24(25)27/h8-9,12-13,20-23,25-26,28-29H,4-7,10-11,14-19,33H2,1-3H3,(H,34,38)(H,35,39)/t22-,23-,25-,26+,28+,29+/m1/s1. The van der Waals surface area contributed by atoms with Gasteiger partial charge in [0.25, 0.3) is 0 Å². The van der Waals surface area contributed by atoms with Gasteiger partial charge in [-0.1, -0.05) is 51.3 Å². The van der Waals surface area contributed by atoms with Gasteiger partial charge in [0.2, 0.25) is 17.7 Å². The minimum atomic E-state index is -0.699. The van der Waals surface area contributed by atoms with Crippen molar-refractivity contribution < 1.29 is 23.9 Å². The fourth-order valence-corrected chi connectivity index (χ4v) is 7.19. The van der Waals surface area contributed by atoms with Gasteiger partial charge >= 0.3 is 0 Å². The van der Waals surface area contributed by atoms with E-state index in [0.717, 1.165) is 56.4 Å². The lowest BCUT2D eigenvalue weighted by Gasteiger charge is -2.45. The molecule has 2 saturated heterocycles. The Bertz CT molecular complexity index is 1110. The first kappa shape index (κ1) is 30.8. The molecule has 1 saturated carbocycles. The Balaban J connectivity index is 1.40. The molecule has 0 aromatic heterocycles. The van der Waals surface area contributed by atoms with E-state index in [9.17, 15) is 14.4 Å². The number of nitrogens with zero attached hydrogens (tertiary/aromatic N) is 2. The SMILES string of the molecule is CCO[C@@H]1C[C@@H]2CN(C(=O)[C@@H](NC(=O)[C@@H](N)C(C)C)C3CCCCC3)[C@H](C(=O)N[C@@H]3CCOc4ccccc43)CN2C1. The van der Waals surface area contributed by atoms with Crippen molar-refractivity contribution in [3.63, 3.8) is 0 Å². The normalized spacial score (nSPS) is 27.9. The quantitative estimate of drug-likeness (QED) is 0.408. The van der Waals surface area contributed by atoms with Crippen molar-refractivity contribution in [2.24, 2.45) is 17.6 Å². The highest BCUT2D eigenvalue weighted by Gasteiger charge is 2.47. The third kappa shape index (κ3) is 6.76. The van der Waals surface area contributed by atoms with Gasteiger partial charge in [0.1, 0.15) is 17.8 Å². The van der Waals surface area contributed by atoms with Crippen molar-refractivity contribution in [1.82, 2.24) is 20.4 Å². The summed E-state index contributed by atoms with van der Waals surface area (Å²) in [5, 5.41) is 6.33. The number of rotatable bonds is 9. The topological polar surface area (TPSA) is 126 Å². The zero-order valence-corrected chi connectivity index (χ0v) is 25.4. The van der Waals surface area contributed by atoms with Gasteiger partial charge in [0, 0.05) is 44.3 Å². The van der Waals surface area contributed by atoms with Crippen molar-refractivity contribution in [3.8, 4) is 5.75 Å². The Morgan fingerprint density at radius 2 is 1.83 bits per heavy atom. The van der Waals surface area contributed by atoms with Crippen LogP contribution in [0, 0.1) is 11.8 Å². The van der Waals surface area contributed by atoms with Gasteiger partial charge in [0.15, 0.2) is 0 Å². The van der Waals surface area contributed by atoms with Crippen molar-refractivity contribution in [2.45, 2.75) is 102 Å². The summed E-state index contributed by atoms with van der Waals surface area (Å²) in [6, 6.07) is 5.63. The number of fused-ring (bicyclic) bond motifs is 2. The number of benzene rings is 1. The van der Waals surface area contributed by atoms with Crippen molar-refractivity contribution >= 4 is 17.7 Å². The molecule has 3 amide bonds. The molecule has 5 rings (SSSR count). The predicted molar refractivity (Wildman–Crippen MR) is 160 cm³/mol. The highest BCUT2D eigenvalue weighted by atomic mass is 16.5. The molecule has 10 heteroatoms. The smallest absolute Gasteiger partial charge is 0.246 e. The molecule has 10 nitrogen and oxygen atoms in total. The molecule has 3 aliphatic heterocycles. The average Bonchev–Trinajstić information content (AvgIpc) is 3.40. The summed E-state index contributed by atoms with van der Waals surface area (Å²) >= 11 is 0. The van der Waals surface area contributed by atoms with Gasteiger partial charge in [-0.25, -0.2) is 0 Å². The van der Waals surface area contributed by atoms with Gasteiger partial charge in [-0.2, -0.15) is 0 Å². The van der Waals surface area contributed by atoms with Crippen LogP contribution in [0.15, 0.2) is 24.3 Å². The molecule has 4 N–H and O–H groups in total. The summed E-state index contributed by atoms with van der Waals surface area (Å²) in [6.07, 6.45) is 6.50. The van der Waals surface area contributed by atoms with Crippen LogP contribution in [0.5, 0.6) is 5.75 Å². The second kappa shape index (κ2) is 13.7. The Labute approximate surface area is 250 Å². The van der Waals surface area contributed by atoms with Gasteiger partial charge in [-0.15, -0.1) is 0 Å². The molecular weight excluding hydrogens is 534 g/mol. The lowest BCUT2D eigenvalue weighted by atomic mass is 9.82. The van der Waals surface area contributed by atoms with Crippen LogP contribution in [-0.4, -0.2) is 90.6 Å². The zero-order chi connectivity index (χ0) is 29.8. The van der Waals surface area contributed by atoms with E-state index >= 15 is 0 Å². The maximum absolute atomic E-state index is 14.5. The van der Waals surface area contributed by atoms with Crippen LogP contribution in [-0.2, 0) is 19.1 Å². The van der Waals surface area contributed by atoms with Gasteiger partial charge in [-0.3, -0.25) is 19.3 Å². The predicted octanol–water partition coefficient (Wildman–Crippen LogP) is 2.37. The number of amides is 3. The van der Waals surface area contributed by atoms with Crippen LogP contribution in [0.4, 0.5) is 0 Å². The summed E-state index contributed by atoms with van der Waals surface area (Å²) in [6.45, 7) is 8.58. The number of carbonyl (C=O) groups is 3. The molecule has 0 bridgehead atoms. The number of para-hydroxylation sites is 1. The Kier molecular flexibility index (Phi) is 10.1. The molecule has 0 spiro atoms.